The van der Waals surface area contributed by atoms with Crippen LogP contribution < -0.4 is 0 Å². The van der Waals surface area contributed by atoms with Gasteiger partial charge in [-0.15, -0.1) is 5.10 Å². The standard InChI is InChI=1S/C15H17BrN4O4S2/c16-11-1-3-12(4-2-11)26(23,24)20-7-5-10(6-8-20)14-17-15(19-18-14)25-9-13(21)22/h1-4,10H,5-9H2,(H,21,22)(H,17,18,19). The Labute approximate surface area is 163 Å². The third-order valence-corrected chi connectivity index (χ3v) is 7.37. The van der Waals surface area contributed by atoms with Crippen molar-refractivity contribution < 1.29 is 18.3 Å². The van der Waals surface area contributed by atoms with Crippen LogP contribution in [-0.2, 0) is 14.8 Å². The maximum atomic E-state index is 12.7. The summed E-state index contributed by atoms with van der Waals surface area (Å²) in [4.78, 5) is 15.2. The average molecular weight is 461 g/mol. The number of H-pyrrole nitrogens is 1. The number of aromatic nitrogens is 3. The first kappa shape index (κ1) is 19.3. The van der Waals surface area contributed by atoms with E-state index in [1.807, 2.05) is 0 Å². The number of nitrogens with zero attached hydrogens (tertiary/aromatic N) is 3. The molecule has 11 heteroatoms. The number of halogens is 1. The summed E-state index contributed by atoms with van der Waals surface area (Å²) in [5, 5.41) is 15.9. The summed E-state index contributed by atoms with van der Waals surface area (Å²) in [6.45, 7) is 0.808. The maximum absolute atomic E-state index is 12.7. The lowest BCUT2D eigenvalue weighted by atomic mass is 9.98. The van der Waals surface area contributed by atoms with Gasteiger partial charge in [0.25, 0.3) is 0 Å². The van der Waals surface area contributed by atoms with Gasteiger partial charge >= 0.3 is 5.97 Å². The lowest BCUT2D eigenvalue weighted by Crippen LogP contribution is -2.38. The lowest BCUT2D eigenvalue weighted by Gasteiger charge is -2.30. The zero-order chi connectivity index (χ0) is 18.7. The fourth-order valence-electron chi connectivity index (χ4n) is 2.76. The van der Waals surface area contributed by atoms with Gasteiger partial charge in [-0.25, -0.2) is 13.4 Å². The smallest absolute Gasteiger partial charge is 0.313 e. The average Bonchev–Trinajstić information content (AvgIpc) is 3.09. The Morgan fingerprint density at radius 2 is 1.96 bits per heavy atom. The SMILES string of the molecule is O=C(O)CSc1n[nH]c(C2CCN(S(=O)(=O)c3ccc(Br)cc3)CC2)n1. The monoisotopic (exact) mass is 460 g/mol. The Hall–Kier alpha value is -1.43. The van der Waals surface area contributed by atoms with E-state index < -0.39 is 16.0 Å². The highest BCUT2D eigenvalue weighted by molar-refractivity contribution is 9.10. The highest BCUT2D eigenvalue weighted by atomic mass is 79.9. The molecule has 1 aliphatic rings. The van der Waals surface area contributed by atoms with E-state index >= 15 is 0 Å². The second kappa shape index (κ2) is 8.07. The van der Waals surface area contributed by atoms with Crippen molar-refractivity contribution in [1.82, 2.24) is 19.5 Å². The quantitative estimate of drug-likeness (QED) is 0.635. The fraction of sp³-hybridized carbons (Fsp3) is 0.400. The molecule has 0 atom stereocenters. The second-order valence-corrected chi connectivity index (χ2v) is 9.61. The number of carbonyl (C=O) groups is 1. The Balaban J connectivity index is 1.62. The van der Waals surface area contributed by atoms with Gasteiger partial charge in [-0.05, 0) is 37.1 Å². The van der Waals surface area contributed by atoms with Crippen molar-refractivity contribution in [3.63, 3.8) is 0 Å². The third-order valence-electron chi connectivity index (χ3n) is 4.10. The van der Waals surface area contributed by atoms with Crippen LogP contribution in [0.25, 0.3) is 0 Å². The maximum Gasteiger partial charge on any atom is 0.313 e. The van der Waals surface area contributed by atoms with Crippen molar-refractivity contribution in [1.29, 1.82) is 0 Å². The van der Waals surface area contributed by atoms with Gasteiger partial charge in [-0.3, -0.25) is 9.89 Å². The van der Waals surface area contributed by atoms with Crippen molar-refractivity contribution in [2.75, 3.05) is 18.8 Å². The minimum atomic E-state index is -3.50. The van der Waals surface area contributed by atoms with Gasteiger partial charge < -0.3 is 5.11 Å². The van der Waals surface area contributed by atoms with E-state index in [1.54, 1.807) is 24.3 Å². The van der Waals surface area contributed by atoms with Gasteiger partial charge in [0.05, 0.1) is 10.6 Å². The van der Waals surface area contributed by atoms with E-state index in [2.05, 4.69) is 31.1 Å². The van der Waals surface area contributed by atoms with E-state index in [1.165, 1.54) is 4.31 Å². The van der Waals surface area contributed by atoms with Crippen molar-refractivity contribution >= 4 is 43.7 Å². The minimum absolute atomic E-state index is 0.0815. The Kier molecular flexibility index (Phi) is 6.00. The second-order valence-electron chi connectivity index (χ2n) is 5.82. The number of rotatable bonds is 6. The van der Waals surface area contributed by atoms with Crippen LogP contribution in [0.4, 0.5) is 0 Å². The number of thioether (sulfide) groups is 1. The molecule has 1 fully saturated rings. The van der Waals surface area contributed by atoms with Crippen LogP contribution in [0.1, 0.15) is 24.6 Å². The number of nitrogens with one attached hydrogen (secondary N) is 1. The zero-order valence-corrected chi connectivity index (χ0v) is 16.8. The molecule has 0 bridgehead atoms. The lowest BCUT2D eigenvalue weighted by molar-refractivity contribution is -0.133. The van der Waals surface area contributed by atoms with Crippen LogP contribution >= 0.6 is 27.7 Å². The fourth-order valence-corrected chi connectivity index (χ4v) is 5.02. The molecule has 0 saturated carbocycles. The van der Waals surface area contributed by atoms with Crippen LogP contribution in [0.3, 0.4) is 0 Å². The molecule has 1 aliphatic heterocycles. The van der Waals surface area contributed by atoms with Crippen LogP contribution in [-0.4, -0.2) is 57.8 Å². The molecule has 1 saturated heterocycles. The summed E-state index contributed by atoms with van der Waals surface area (Å²) in [6, 6.07) is 6.61. The van der Waals surface area contributed by atoms with Gasteiger partial charge in [-0.2, -0.15) is 4.31 Å². The molecular formula is C15H17BrN4O4S2. The number of hydrogen-bond acceptors (Lipinski definition) is 6. The van der Waals surface area contributed by atoms with E-state index in [0.29, 0.717) is 36.9 Å². The van der Waals surface area contributed by atoms with Gasteiger partial charge in [0, 0.05) is 23.5 Å². The normalized spacial score (nSPS) is 16.7. The summed E-state index contributed by atoms with van der Waals surface area (Å²) in [7, 11) is -3.50. The van der Waals surface area contributed by atoms with Crippen LogP contribution in [0, 0.1) is 0 Å². The molecule has 0 aliphatic carbocycles. The summed E-state index contributed by atoms with van der Waals surface area (Å²) in [5.74, 6) is -0.259. The molecule has 0 radical (unpaired) electrons. The Morgan fingerprint density at radius 1 is 1.31 bits per heavy atom. The summed E-state index contributed by atoms with van der Waals surface area (Å²) in [5.41, 5.74) is 0. The number of hydrogen-bond donors (Lipinski definition) is 2. The third kappa shape index (κ3) is 4.45. The number of aliphatic carboxylic acids is 1. The van der Waals surface area contributed by atoms with Crippen molar-refractivity contribution in [2.45, 2.75) is 28.8 Å². The molecule has 0 unspecified atom stereocenters. The molecule has 140 valence electrons. The molecule has 1 aromatic carbocycles. The summed E-state index contributed by atoms with van der Waals surface area (Å²) in [6.07, 6.45) is 1.27. The van der Waals surface area contributed by atoms with Gasteiger partial charge in [0.1, 0.15) is 5.82 Å². The molecule has 26 heavy (non-hydrogen) atoms. The first-order valence-electron chi connectivity index (χ1n) is 7.89. The number of carboxylic acids is 1. The van der Waals surface area contributed by atoms with Crippen molar-refractivity contribution in [3.05, 3.63) is 34.6 Å². The van der Waals surface area contributed by atoms with Gasteiger partial charge in [-0.1, -0.05) is 27.7 Å². The molecule has 0 spiro atoms. The Bertz CT molecular complexity index is 877. The number of benzene rings is 1. The molecule has 0 amide bonds. The van der Waals surface area contributed by atoms with Gasteiger partial charge in [0.15, 0.2) is 0 Å². The predicted octanol–water partition coefficient (Wildman–Crippen LogP) is 2.31. The van der Waals surface area contributed by atoms with Crippen molar-refractivity contribution in [2.24, 2.45) is 0 Å². The molecule has 2 heterocycles. The number of aromatic amines is 1. The number of carboxylic acid groups (broad SMARTS) is 1. The van der Waals surface area contributed by atoms with Crippen LogP contribution in [0.2, 0.25) is 0 Å². The minimum Gasteiger partial charge on any atom is -0.481 e. The topological polar surface area (TPSA) is 116 Å². The molecule has 2 aromatic rings. The van der Waals surface area contributed by atoms with E-state index in [-0.39, 0.29) is 16.6 Å². The first-order valence-corrected chi connectivity index (χ1v) is 11.1. The molecule has 2 N–H and O–H groups in total. The summed E-state index contributed by atoms with van der Waals surface area (Å²) >= 11 is 4.36. The zero-order valence-electron chi connectivity index (χ0n) is 13.6. The first-order chi connectivity index (χ1) is 12.4. The number of piperidine rings is 1. The Morgan fingerprint density at radius 3 is 2.58 bits per heavy atom. The van der Waals surface area contributed by atoms with E-state index in [0.717, 1.165) is 16.2 Å². The molecule has 8 nitrogen and oxygen atoms in total. The van der Waals surface area contributed by atoms with Gasteiger partial charge in [0.2, 0.25) is 15.2 Å². The highest BCUT2D eigenvalue weighted by Gasteiger charge is 2.31. The largest absolute Gasteiger partial charge is 0.481 e. The van der Waals surface area contributed by atoms with Crippen LogP contribution in [0.15, 0.2) is 38.8 Å². The van der Waals surface area contributed by atoms with Crippen LogP contribution in [0.5, 0.6) is 0 Å². The molecular weight excluding hydrogens is 444 g/mol. The summed E-state index contributed by atoms with van der Waals surface area (Å²) < 4.78 is 27.7. The predicted molar refractivity (Wildman–Crippen MR) is 99.6 cm³/mol. The molecule has 3 rings (SSSR count). The highest BCUT2D eigenvalue weighted by Crippen LogP contribution is 2.30. The van der Waals surface area contributed by atoms with Crippen molar-refractivity contribution in [3.8, 4) is 0 Å². The van der Waals surface area contributed by atoms with E-state index in [9.17, 15) is 13.2 Å². The van der Waals surface area contributed by atoms with E-state index in [4.69, 9.17) is 5.11 Å². The molecule has 1 aromatic heterocycles. The number of sulfonamides is 1.